The molecule has 0 amide bonds. The summed E-state index contributed by atoms with van der Waals surface area (Å²) < 4.78 is 1.31. The molecule has 21 heavy (non-hydrogen) atoms. The molecule has 2 aromatic carbocycles. The second kappa shape index (κ2) is 5.71. The van der Waals surface area contributed by atoms with Crippen LogP contribution in [-0.2, 0) is 0 Å². The van der Waals surface area contributed by atoms with Gasteiger partial charge in [-0.15, -0.1) is 11.3 Å². The summed E-state index contributed by atoms with van der Waals surface area (Å²) in [6.07, 6.45) is 4.29. The lowest BCUT2D eigenvalue weighted by Gasteiger charge is -2.06. The normalized spacial score (nSPS) is 11.3. The first-order chi connectivity index (χ1) is 10.2. The van der Waals surface area contributed by atoms with Gasteiger partial charge < -0.3 is 0 Å². The first kappa shape index (κ1) is 13.8. The molecule has 0 nitrogen and oxygen atoms in total. The molecule has 0 aliphatic rings. The molecule has 1 aromatic heterocycles. The Balaban J connectivity index is 2.17. The van der Waals surface area contributed by atoms with Gasteiger partial charge in [-0.2, -0.15) is 0 Å². The third-order valence-corrected chi connectivity index (χ3v) is 4.89. The van der Waals surface area contributed by atoms with E-state index in [9.17, 15) is 0 Å². The molecule has 0 atom stereocenters. The Bertz CT molecular complexity index is 817. The van der Waals surface area contributed by atoms with E-state index >= 15 is 0 Å². The Morgan fingerprint density at radius 2 is 1.76 bits per heavy atom. The summed E-state index contributed by atoms with van der Waals surface area (Å²) in [5.41, 5.74) is 4.85. The second-order valence-electron chi connectivity index (χ2n) is 5.19. The van der Waals surface area contributed by atoms with Crippen LogP contribution in [0.5, 0.6) is 0 Å². The molecule has 3 aromatic rings. The minimum absolute atomic E-state index is 1.10. The van der Waals surface area contributed by atoms with Gasteiger partial charge in [0, 0.05) is 20.5 Å². The van der Waals surface area contributed by atoms with E-state index in [2.05, 4.69) is 81.1 Å². The third-order valence-electron chi connectivity index (χ3n) is 3.64. The van der Waals surface area contributed by atoms with E-state index in [1.165, 1.54) is 31.7 Å². The van der Waals surface area contributed by atoms with Crippen molar-refractivity contribution in [3.8, 4) is 0 Å². The predicted octanol–water partition coefficient (Wildman–Crippen LogP) is 6.30. The zero-order chi connectivity index (χ0) is 14.8. The predicted molar refractivity (Wildman–Crippen MR) is 95.8 cm³/mol. The maximum Gasteiger partial charge on any atom is 0.0427 e. The number of aryl methyl sites for hydroxylation is 1. The molecule has 0 aliphatic heterocycles. The lowest BCUT2D eigenvalue weighted by atomic mass is 10.00. The Hall–Kier alpha value is -2.12. The smallest absolute Gasteiger partial charge is 0.0427 e. The van der Waals surface area contributed by atoms with Gasteiger partial charge in [-0.25, -0.2) is 0 Å². The van der Waals surface area contributed by atoms with E-state index in [4.69, 9.17) is 0 Å². The van der Waals surface area contributed by atoms with Crippen molar-refractivity contribution in [2.24, 2.45) is 0 Å². The molecule has 0 spiro atoms. The van der Waals surface area contributed by atoms with Gasteiger partial charge >= 0.3 is 0 Å². The summed E-state index contributed by atoms with van der Waals surface area (Å²) in [6, 6.07) is 17.2. The van der Waals surface area contributed by atoms with Crippen LogP contribution in [0.2, 0.25) is 0 Å². The molecule has 0 radical (unpaired) electrons. The van der Waals surface area contributed by atoms with Gasteiger partial charge in [-0.05, 0) is 31.1 Å². The highest BCUT2D eigenvalue weighted by atomic mass is 32.1. The zero-order valence-electron chi connectivity index (χ0n) is 12.4. The van der Waals surface area contributed by atoms with Crippen LogP contribution in [-0.4, -0.2) is 0 Å². The summed E-state index contributed by atoms with van der Waals surface area (Å²) in [7, 11) is 0. The Kier molecular flexibility index (Phi) is 3.76. The van der Waals surface area contributed by atoms with Gasteiger partial charge in [0.05, 0.1) is 0 Å². The van der Waals surface area contributed by atoms with Crippen LogP contribution in [0.1, 0.15) is 28.5 Å². The van der Waals surface area contributed by atoms with Crippen molar-refractivity contribution in [1.29, 1.82) is 0 Å². The molecule has 0 unspecified atom stereocenters. The van der Waals surface area contributed by atoms with Gasteiger partial charge in [0.1, 0.15) is 0 Å². The highest BCUT2D eigenvalue weighted by Crippen LogP contribution is 2.38. The first-order valence-electron chi connectivity index (χ1n) is 7.11. The number of rotatable bonds is 3. The number of allylic oxidation sites excluding steroid dienone is 1. The summed E-state index contributed by atoms with van der Waals surface area (Å²) in [5.74, 6) is 0. The van der Waals surface area contributed by atoms with Crippen molar-refractivity contribution in [3.05, 3.63) is 82.8 Å². The van der Waals surface area contributed by atoms with E-state index < -0.39 is 0 Å². The number of hydrogen-bond acceptors (Lipinski definition) is 1. The molecule has 0 aliphatic carbocycles. The van der Waals surface area contributed by atoms with E-state index in [1.807, 2.05) is 11.3 Å². The fourth-order valence-electron chi connectivity index (χ4n) is 2.51. The average Bonchev–Trinajstić information content (AvgIpc) is 2.87. The van der Waals surface area contributed by atoms with Crippen LogP contribution in [0.15, 0.2) is 61.2 Å². The summed E-state index contributed by atoms with van der Waals surface area (Å²) in [4.78, 5) is 1.26. The molecule has 1 heteroatoms. The molecular formula is C20H18S. The standard InChI is InChI=1S/C20H18S/c1-4-7-18-17-8-5-6-9-19(17)21-20(18)15(3)16-12-10-14(2)11-13-16/h4-13H,3H2,1-2H3/b7-4-. The highest BCUT2D eigenvalue weighted by Gasteiger charge is 2.13. The average molecular weight is 290 g/mol. The number of thiophene rings is 1. The lowest BCUT2D eigenvalue weighted by Crippen LogP contribution is -1.86. The highest BCUT2D eigenvalue weighted by molar-refractivity contribution is 7.20. The zero-order valence-corrected chi connectivity index (χ0v) is 13.2. The van der Waals surface area contributed by atoms with Crippen molar-refractivity contribution in [1.82, 2.24) is 0 Å². The summed E-state index contributed by atoms with van der Waals surface area (Å²) in [6.45, 7) is 8.51. The quantitative estimate of drug-likeness (QED) is 0.530. The van der Waals surface area contributed by atoms with E-state index in [0.717, 1.165) is 5.57 Å². The Morgan fingerprint density at radius 1 is 1.05 bits per heavy atom. The molecule has 104 valence electrons. The SMILES string of the molecule is C=C(c1ccc(C)cc1)c1sc2ccccc2c1/C=C\C. The lowest BCUT2D eigenvalue weighted by molar-refractivity contribution is 1.45. The van der Waals surface area contributed by atoms with Crippen LogP contribution in [0.25, 0.3) is 21.7 Å². The Labute approximate surface area is 130 Å². The minimum Gasteiger partial charge on any atom is -0.135 e. The molecule has 3 rings (SSSR count). The first-order valence-corrected chi connectivity index (χ1v) is 7.93. The fraction of sp³-hybridized carbons (Fsp3) is 0.100. The molecular weight excluding hydrogens is 272 g/mol. The van der Waals surface area contributed by atoms with Crippen molar-refractivity contribution in [2.75, 3.05) is 0 Å². The molecule has 0 N–H and O–H groups in total. The maximum atomic E-state index is 4.34. The largest absolute Gasteiger partial charge is 0.135 e. The van der Waals surface area contributed by atoms with Crippen molar-refractivity contribution in [3.63, 3.8) is 0 Å². The monoisotopic (exact) mass is 290 g/mol. The second-order valence-corrected chi connectivity index (χ2v) is 6.24. The van der Waals surface area contributed by atoms with Crippen LogP contribution in [0.4, 0.5) is 0 Å². The molecule has 0 fully saturated rings. The van der Waals surface area contributed by atoms with Gasteiger partial charge in [0.25, 0.3) is 0 Å². The van der Waals surface area contributed by atoms with Crippen LogP contribution >= 0.6 is 11.3 Å². The molecule has 0 bridgehead atoms. The van der Waals surface area contributed by atoms with Crippen LogP contribution in [0.3, 0.4) is 0 Å². The summed E-state index contributed by atoms with van der Waals surface area (Å²) in [5, 5.41) is 1.31. The van der Waals surface area contributed by atoms with Crippen LogP contribution in [0, 0.1) is 6.92 Å². The number of hydrogen-bond donors (Lipinski definition) is 0. The molecule has 1 heterocycles. The third kappa shape index (κ3) is 2.57. The molecule has 0 saturated carbocycles. The minimum atomic E-state index is 1.10. The summed E-state index contributed by atoms with van der Waals surface area (Å²) >= 11 is 1.82. The number of benzene rings is 2. The van der Waals surface area contributed by atoms with E-state index in [-0.39, 0.29) is 0 Å². The van der Waals surface area contributed by atoms with Gasteiger partial charge in [-0.3, -0.25) is 0 Å². The maximum absolute atomic E-state index is 4.34. The van der Waals surface area contributed by atoms with Gasteiger partial charge in [0.15, 0.2) is 0 Å². The van der Waals surface area contributed by atoms with Crippen molar-refractivity contribution < 1.29 is 0 Å². The van der Waals surface area contributed by atoms with Crippen molar-refractivity contribution in [2.45, 2.75) is 13.8 Å². The topological polar surface area (TPSA) is 0 Å². The van der Waals surface area contributed by atoms with Gasteiger partial charge in [-0.1, -0.05) is 66.8 Å². The van der Waals surface area contributed by atoms with Gasteiger partial charge in [0.2, 0.25) is 0 Å². The molecule has 0 saturated heterocycles. The van der Waals surface area contributed by atoms with Crippen LogP contribution < -0.4 is 0 Å². The fourth-order valence-corrected chi connectivity index (χ4v) is 3.69. The van der Waals surface area contributed by atoms with E-state index in [1.54, 1.807) is 0 Å². The number of fused-ring (bicyclic) bond motifs is 1. The van der Waals surface area contributed by atoms with E-state index in [0.29, 0.717) is 0 Å². The van der Waals surface area contributed by atoms with Crippen molar-refractivity contribution >= 4 is 33.1 Å². The Morgan fingerprint density at radius 3 is 2.48 bits per heavy atom.